The summed E-state index contributed by atoms with van der Waals surface area (Å²) in [6.07, 6.45) is 1.88. The number of hydrogen-bond acceptors (Lipinski definition) is 5. The van der Waals surface area contributed by atoms with Crippen molar-refractivity contribution < 1.29 is 22.4 Å². The van der Waals surface area contributed by atoms with E-state index in [1.54, 1.807) is 12.3 Å². The Morgan fingerprint density at radius 3 is 2.41 bits per heavy atom. The van der Waals surface area contributed by atoms with E-state index in [9.17, 15) is 13.2 Å². The first kappa shape index (κ1) is 19.6. The van der Waals surface area contributed by atoms with Crippen LogP contribution >= 0.6 is 0 Å². The van der Waals surface area contributed by atoms with Gasteiger partial charge in [0.1, 0.15) is 5.76 Å². The van der Waals surface area contributed by atoms with Gasteiger partial charge in [-0.1, -0.05) is 0 Å². The van der Waals surface area contributed by atoms with E-state index in [1.165, 1.54) is 28.6 Å². The molecule has 2 atom stereocenters. The quantitative estimate of drug-likeness (QED) is 0.813. The molecule has 3 rings (SSSR count). The molecule has 27 heavy (non-hydrogen) atoms. The lowest BCUT2D eigenvalue weighted by Crippen LogP contribution is -2.48. The van der Waals surface area contributed by atoms with Crippen LogP contribution < -0.4 is 5.32 Å². The van der Waals surface area contributed by atoms with Crippen LogP contribution in [0.5, 0.6) is 0 Å². The van der Waals surface area contributed by atoms with Crippen molar-refractivity contribution in [3.63, 3.8) is 0 Å². The molecule has 0 radical (unpaired) electrons. The standard InChI is InChI=1S/C19H24N2O5S/c1-14-12-21(13-15(2)26-14)27(23,24)18-7-5-16(6-8-18)19(22)20-10-9-17-4-3-11-25-17/h3-8,11,14-15H,9-10,12-13H2,1-2H3,(H,20,22)/t14-,15-/m0/s1. The zero-order valence-corrected chi connectivity index (χ0v) is 16.2. The van der Waals surface area contributed by atoms with Crippen molar-refractivity contribution in [1.29, 1.82) is 0 Å². The maximum absolute atomic E-state index is 12.8. The molecule has 1 amide bonds. The van der Waals surface area contributed by atoms with Gasteiger partial charge >= 0.3 is 0 Å². The van der Waals surface area contributed by atoms with Gasteiger partial charge in [0, 0.05) is 31.6 Å². The summed E-state index contributed by atoms with van der Waals surface area (Å²) in [5, 5.41) is 2.80. The first-order valence-electron chi connectivity index (χ1n) is 8.92. The van der Waals surface area contributed by atoms with Gasteiger partial charge in [0.2, 0.25) is 10.0 Å². The first-order chi connectivity index (χ1) is 12.9. The minimum absolute atomic E-state index is 0.150. The summed E-state index contributed by atoms with van der Waals surface area (Å²) in [4.78, 5) is 12.4. The fourth-order valence-corrected chi connectivity index (χ4v) is 4.70. The highest BCUT2D eigenvalue weighted by Crippen LogP contribution is 2.21. The average Bonchev–Trinajstić information content (AvgIpc) is 3.14. The molecule has 0 unspecified atom stereocenters. The number of benzene rings is 1. The van der Waals surface area contributed by atoms with E-state index < -0.39 is 10.0 Å². The molecule has 1 aromatic carbocycles. The van der Waals surface area contributed by atoms with E-state index in [4.69, 9.17) is 9.15 Å². The Hall–Kier alpha value is -2.16. The van der Waals surface area contributed by atoms with Gasteiger partial charge in [-0.2, -0.15) is 4.31 Å². The number of ether oxygens (including phenoxy) is 1. The second-order valence-corrected chi connectivity index (χ2v) is 8.63. The highest BCUT2D eigenvalue weighted by Gasteiger charge is 2.32. The van der Waals surface area contributed by atoms with Gasteiger partial charge in [-0.15, -0.1) is 0 Å². The highest BCUT2D eigenvalue weighted by molar-refractivity contribution is 7.89. The van der Waals surface area contributed by atoms with Crippen molar-refractivity contribution in [3.05, 3.63) is 54.0 Å². The van der Waals surface area contributed by atoms with Crippen LogP contribution in [0.3, 0.4) is 0 Å². The van der Waals surface area contributed by atoms with Crippen LogP contribution in [0.4, 0.5) is 0 Å². The summed E-state index contributed by atoms with van der Waals surface area (Å²) in [6.45, 7) is 4.79. The number of carbonyl (C=O) groups excluding carboxylic acids is 1. The molecule has 0 aliphatic carbocycles. The maximum atomic E-state index is 12.8. The Morgan fingerprint density at radius 1 is 1.15 bits per heavy atom. The van der Waals surface area contributed by atoms with E-state index in [2.05, 4.69) is 5.32 Å². The predicted molar refractivity (Wildman–Crippen MR) is 100.0 cm³/mol. The van der Waals surface area contributed by atoms with Gasteiger partial charge in [-0.25, -0.2) is 8.42 Å². The van der Waals surface area contributed by atoms with E-state index in [0.29, 0.717) is 31.6 Å². The van der Waals surface area contributed by atoms with E-state index in [0.717, 1.165) is 5.76 Å². The largest absolute Gasteiger partial charge is 0.469 e. The molecule has 1 N–H and O–H groups in total. The van der Waals surface area contributed by atoms with Gasteiger partial charge < -0.3 is 14.5 Å². The van der Waals surface area contributed by atoms with E-state index >= 15 is 0 Å². The zero-order chi connectivity index (χ0) is 19.4. The number of rotatable bonds is 6. The van der Waals surface area contributed by atoms with Crippen LogP contribution in [-0.4, -0.2) is 50.5 Å². The number of furan rings is 1. The lowest BCUT2D eigenvalue weighted by molar-refractivity contribution is -0.0440. The Morgan fingerprint density at radius 2 is 1.81 bits per heavy atom. The summed E-state index contributed by atoms with van der Waals surface area (Å²) >= 11 is 0. The lowest BCUT2D eigenvalue weighted by Gasteiger charge is -2.34. The first-order valence-corrected chi connectivity index (χ1v) is 10.4. The summed E-state index contributed by atoms with van der Waals surface area (Å²) in [6, 6.07) is 9.65. The van der Waals surface area contributed by atoms with Gasteiger partial charge in [0.05, 0.1) is 23.4 Å². The highest BCUT2D eigenvalue weighted by atomic mass is 32.2. The third kappa shape index (κ3) is 4.77. The Kier molecular flexibility index (Phi) is 5.98. The molecule has 1 aliphatic rings. The van der Waals surface area contributed by atoms with Crippen molar-refractivity contribution >= 4 is 15.9 Å². The number of morpholine rings is 1. The molecule has 1 aliphatic heterocycles. The van der Waals surface area contributed by atoms with Gasteiger partial charge in [0.25, 0.3) is 5.91 Å². The number of nitrogens with zero attached hydrogens (tertiary/aromatic N) is 1. The van der Waals surface area contributed by atoms with Crippen molar-refractivity contribution in [2.24, 2.45) is 0 Å². The topological polar surface area (TPSA) is 88.9 Å². The van der Waals surface area contributed by atoms with E-state index in [1.807, 2.05) is 19.9 Å². The summed E-state index contributed by atoms with van der Waals surface area (Å²) in [5.41, 5.74) is 0.414. The van der Waals surface area contributed by atoms with Gasteiger partial charge in [-0.3, -0.25) is 4.79 Å². The number of hydrogen-bond donors (Lipinski definition) is 1. The van der Waals surface area contributed by atoms with Crippen LogP contribution in [-0.2, 0) is 21.2 Å². The summed E-state index contributed by atoms with van der Waals surface area (Å²) in [5.74, 6) is 0.546. The molecule has 0 spiro atoms. The third-order valence-corrected chi connectivity index (χ3v) is 6.22. The molecule has 1 saturated heterocycles. The summed E-state index contributed by atoms with van der Waals surface area (Å²) < 4.78 is 37.9. The number of amides is 1. The number of carbonyl (C=O) groups is 1. The van der Waals surface area contributed by atoms with Crippen LogP contribution in [0, 0.1) is 0 Å². The smallest absolute Gasteiger partial charge is 0.251 e. The average molecular weight is 392 g/mol. The van der Waals surface area contributed by atoms with E-state index in [-0.39, 0.29) is 23.0 Å². The molecule has 0 saturated carbocycles. The minimum Gasteiger partial charge on any atom is -0.469 e. The third-order valence-electron chi connectivity index (χ3n) is 4.38. The van der Waals surface area contributed by atoms with Gasteiger partial charge in [-0.05, 0) is 50.2 Å². The monoisotopic (exact) mass is 392 g/mol. The second kappa shape index (κ2) is 8.24. The van der Waals surface area contributed by atoms with Crippen molar-refractivity contribution in [2.75, 3.05) is 19.6 Å². The molecule has 146 valence electrons. The molecule has 7 nitrogen and oxygen atoms in total. The van der Waals surface area contributed by atoms with Gasteiger partial charge in [0.15, 0.2) is 0 Å². The van der Waals surface area contributed by atoms with Crippen LogP contribution in [0.1, 0.15) is 30.0 Å². The van der Waals surface area contributed by atoms with Crippen LogP contribution in [0.2, 0.25) is 0 Å². The van der Waals surface area contributed by atoms with Crippen molar-refractivity contribution in [1.82, 2.24) is 9.62 Å². The Bertz CT molecular complexity index is 852. The molecular formula is C19H24N2O5S. The molecule has 1 fully saturated rings. The molecule has 2 heterocycles. The fraction of sp³-hybridized carbons (Fsp3) is 0.421. The number of sulfonamides is 1. The molecule has 8 heteroatoms. The van der Waals surface area contributed by atoms with Crippen molar-refractivity contribution in [2.45, 2.75) is 37.4 Å². The lowest BCUT2D eigenvalue weighted by atomic mass is 10.2. The molecule has 2 aromatic rings. The molecule has 1 aromatic heterocycles. The Labute approximate surface area is 159 Å². The maximum Gasteiger partial charge on any atom is 0.251 e. The number of nitrogens with one attached hydrogen (secondary N) is 1. The fourth-order valence-electron chi connectivity index (χ4n) is 3.11. The van der Waals surface area contributed by atoms with Crippen molar-refractivity contribution in [3.8, 4) is 0 Å². The normalized spacial score (nSPS) is 21.1. The minimum atomic E-state index is -3.61. The summed E-state index contributed by atoms with van der Waals surface area (Å²) in [7, 11) is -3.61. The van der Waals surface area contributed by atoms with Crippen LogP contribution in [0.15, 0.2) is 52.0 Å². The molecular weight excluding hydrogens is 368 g/mol. The second-order valence-electron chi connectivity index (χ2n) is 6.69. The van der Waals surface area contributed by atoms with Crippen LogP contribution in [0.25, 0.3) is 0 Å². The predicted octanol–water partition coefficient (Wildman–Crippen LogP) is 2.05. The SMILES string of the molecule is C[C@H]1CN(S(=O)(=O)c2ccc(C(=O)NCCc3ccco3)cc2)C[C@H](C)O1. The Balaban J connectivity index is 1.62. The molecule has 0 bridgehead atoms. The zero-order valence-electron chi connectivity index (χ0n) is 15.4.